The molecular weight excluding hydrogens is 298 g/mol. The topological polar surface area (TPSA) is 91.8 Å². The number of carbonyl (C=O) groups excluding carboxylic acids is 2. The highest BCUT2D eigenvalue weighted by molar-refractivity contribution is 5.86. The quantitative estimate of drug-likeness (QED) is 0.721. The lowest BCUT2D eigenvalue weighted by Gasteiger charge is -2.40. The summed E-state index contributed by atoms with van der Waals surface area (Å²) in [5.74, 6) is -0.341. The number of nitrogens with zero attached hydrogens (tertiary/aromatic N) is 2. The van der Waals surface area contributed by atoms with Gasteiger partial charge in [-0.2, -0.15) is 0 Å². The average Bonchev–Trinajstić information content (AvgIpc) is 3.40. The number of carbonyl (C=O) groups is 2. The van der Waals surface area contributed by atoms with Crippen molar-refractivity contribution in [3.8, 4) is 0 Å². The Hall–Kier alpha value is -1.99. The molecule has 0 spiro atoms. The minimum atomic E-state index is -0.754. The minimum absolute atomic E-state index is 0.0184. The van der Waals surface area contributed by atoms with Gasteiger partial charge in [0, 0.05) is 31.6 Å². The molecule has 124 valence electrons. The lowest BCUT2D eigenvalue weighted by Crippen LogP contribution is -2.55. The normalized spacial score (nSPS) is 24.6. The molecule has 0 unspecified atom stereocenters. The second kappa shape index (κ2) is 7.06. The first-order valence-electron chi connectivity index (χ1n) is 7.93. The van der Waals surface area contributed by atoms with Crippen LogP contribution < -0.4 is 5.32 Å². The van der Waals surface area contributed by atoms with Crippen molar-refractivity contribution in [2.45, 2.75) is 37.5 Å². The van der Waals surface area contributed by atoms with Gasteiger partial charge in [0.25, 0.3) is 5.91 Å². The molecule has 2 aliphatic rings. The van der Waals surface area contributed by atoms with Gasteiger partial charge < -0.3 is 20.1 Å². The Kier molecular flexibility index (Phi) is 4.88. The van der Waals surface area contributed by atoms with Crippen molar-refractivity contribution in [2.75, 3.05) is 19.8 Å². The summed E-state index contributed by atoms with van der Waals surface area (Å²) in [6.45, 7) is 0.322. The fourth-order valence-corrected chi connectivity index (χ4v) is 2.91. The van der Waals surface area contributed by atoms with E-state index < -0.39 is 12.1 Å². The second-order valence-electron chi connectivity index (χ2n) is 5.86. The Bertz CT molecular complexity index is 562. The van der Waals surface area contributed by atoms with E-state index in [4.69, 9.17) is 9.84 Å². The summed E-state index contributed by atoms with van der Waals surface area (Å²) in [6, 6.07) is 3.39. The maximum absolute atomic E-state index is 12.5. The fourth-order valence-electron chi connectivity index (χ4n) is 2.91. The molecule has 3 rings (SSSR count). The third kappa shape index (κ3) is 3.51. The molecular formula is C16H21N3O4. The van der Waals surface area contributed by atoms with Gasteiger partial charge in [-0.05, 0) is 30.9 Å². The summed E-state index contributed by atoms with van der Waals surface area (Å²) in [5, 5.41) is 11.6. The number of hydrogen-bond donors (Lipinski definition) is 2. The zero-order valence-electron chi connectivity index (χ0n) is 12.9. The number of amides is 2. The van der Waals surface area contributed by atoms with E-state index in [9.17, 15) is 9.59 Å². The maximum atomic E-state index is 12.5. The van der Waals surface area contributed by atoms with Crippen LogP contribution in [-0.4, -0.2) is 58.7 Å². The smallest absolute Gasteiger partial charge is 0.251 e. The van der Waals surface area contributed by atoms with E-state index in [-0.39, 0.29) is 31.1 Å². The number of hydrogen-bond acceptors (Lipinski definition) is 5. The van der Waals surface area contributed by atoms with Crippen LogP contribution >= 0.6 is 0 Å². The van der Waals surface area contributed by atoms with Gasteiger partial charge in [-0.25, -0.2) is 0 Å². The van der Waals surface area contributed by atoms with Crippen molar-refractivity contribution in [1.29, 1.82) is 0 Å². The minimum Gasteiger partial charge on any atom is -0.396 e. The number of aliphatic hydroxyl groups is 1. The molecule has 23 heavy (non-hydrogen) atoms. The number of morpholine rings is 1. The highest BCUT2D eigenvalue weighted by atomic mass is 16.5. The fraction of sp³-hybridized carbons (Fsp3) is 0.562. The Morgan fingerprint density at radius 1 is 1.48 bits per heavy atom. The first-order chi connectivity index (χ1) is 11.2. The molecule has 1 aliphatic heterocycles. The Morgan fingerprint density at radius 2 is 2.30 bits per heavy atom. The van der Waals surface area contributed by atoms with Crippen molar-refractivity contribution in [3.63, 3.8) is 0 Å². The molecule has 2 amide bonds. The van der Waals surface area contributed by atoms with Gasteiger partial charge in [-0.1, -0.05) is 6.07 Å². The van der Waals surface area contributed by atoms with E-state index >= 15 is 0 Å². The van der Waals surface area contributed by atoms with Crippen LogP contribution in [-0.2, 0) is 14.3 Å². The first-order valence-corrected chi connectivity index (χ1v) is 7.93. The standard InChI is InChI=1S/C16H21N3O4/c20-8-2-7-18-16(22)15-14(11-3-1-6-17-9-11)19(12-4-5-12)13(21)10-23-15/h1,3,6,9,12,14-15,20H,2,4-5,7-8,10H2,(H,18,22)/t14-,15+/m1/s1. The summed E-state index contributed by atoms with van der Waals surface area (Å²) < 4.78 is 5.56. The lowest BCUT2D eigenvalue weighted by molar-refractivity contribution is -0.165. The summed E-state index contributed by atoms with van der Waals surface area (Å²) in [4.78, 5) is 30.7. The summed E-state index contributed by atoms with van der Waals surface area (Å²) in [7, 11) is 0. The van der Waals surface area contributed by atoms with Gasteiger partial charge in [0.2, 0.25) is 5.91 Å². The van der Waals surface area contributed by atoms with E-state index in [2.05, 4.69) is 10.3 Å². The third-order valence-corrected chi connectivity index (χ3v) is 4.12. The van der Waals surface area contributed by atoms with Crippen LogP contribution in [0.1, 0.15) is 30.9 Å². The molecule has 1 aliphatic carbocycles. The van der Waals surface area contributed by atoms with Crippen LogP contribution in [0.3, 0.4) is 0 Å². The van der Waals surface area contributed by atoms with Gasteiger partial charge in [-0.3, -0.25) is 14.6 Å². The number of pyridine rings is 1. The van der Waals surface area contributed by atoms with Gasteiger partial charge in [0.15, 0.2) is 6.10 Å². The summed E-state index contributed by atoms with van der Waals surface area (Å²) in [6.07, 6.45) is 4.99. The number of rotatable bonds is 6. The SMILES string of the molecule is O=C(NCCCO)[C@H]1OCC(=O)N(C2CC2)[C@@H]1c1cccnc1. The van der Waals surface area contributed by atoms with E-state index in [1.807, 2.05) is 6.07 Å². The number of ether oxygens (including phenoxy) is 1. The Balaban J connectivity index is 1.84. The van der Waals surface area contributed by atoms with Crippen molar-refractivity contribution in [3.05, 3.63) is 30.1 Å². The van der Waals surface area contributed by atoms with E-state index in [1.54, 1.807) is 23.4 Å². The van der Waals surface area contributed by atoms with Crippen molar-refractivity contribution < 1.29 is 19.4 Å². The predicted molar refractivity (Wildman–Crippen MR) is 81.3 cm³/mol. The molecule has 7 nitrogen and oxygen atoms in total. The van der Waals surface area contributed by atoms with Gasteiger partial charge >= 0.3 is 0 Å². The number of nitrogens with one attached hydrogen (secondary N) is 1. The van der Waals surface area contributed by atoms with Crippen molar-refractivity contribution in [1.82, 2.24) is 15.2 Å². The molecule has 0 radical (unpaired) electrons. The molecule has 1 saturated heterocycles. The predicted octanol–water partition coefficient (Wildman–Crippen LogP) is 0.0111. The first kappa shape index (κ1) is 15.9. The van der Waals surface area contributed by atoms with Gasteiger partial charge in [-0.15, -0.1) is 0 Å². The molecule has 0 bridgehead atoms. The zero-order valence-corrected chi connectivity index (χ0v) is 12.9. The van der Waals surface area contributed by atoms with E-state index in [1.165, 1.54) is 0 Å². The van der Waals surface area contributed by atoms with Crippen molar-refractivity contribution in [2.24, 2.45) is 0 Å². The average molecular weight is 319 g/mol. The molecule has 7 heteroatoms. The number of aromatic nitrogens is 1. The molecule has 2 heterocycles. The summed E-state index contributed by atoms with van der Waals surface area (Å²) >= 11 is 0. The van der Waals surface area contributed by atoms with Crippen LogP contribution in [0, 0.1) is 0 Å². The highest BCUT2D eigenvalue weighted by Crippen LogP contribution is 2.39. The van der Waals surface area contributed by atoms with Crippen LogP contribution in [0.25, 0.3) is 0 Å². The van der Waals surface area contributed by atoms with Crippen molar-refractivity contribution >= 4 is 11.8 Å². The Labute approximate surface area is 134 Å². The third-order valence-electron chi connectivity index (χ3n) is 4.12. The van der Waals surface area contributed by atoms with Crippen LogP contribution in [0.15, 0.2) is 24.5 Å². The number of aliphatic hydroxyl groups excluding tert-OH is 1. The maximum Gasteiger partial charge on any atom is 0.251 e. The largest absolute Gasteiger partial charge is 0.396 e. The van der Waals surface area contributed by atoms with Gasteiger partial charge in [0.1, 0.15) is 6.61 Å². The Morgan fingerprint density at radius 3 is 2.96 bits per heavy atom. The van der Waals surface area contributed by atoms with Gasteiger partial charge in [0.05, 0.1) is 6.04 Å². The second-order valence-corrected chi connectivity index (χ2v) is 5.86. The van der Waals surface area contributed by atoms with Crippen LogP contribution in [0.4, 0.5) is 0 Å². The highest BCUT2D eigenvalue weighted by Gasteiger charge is 2.47. The van der Waals surface area contributed by atoms with E-state index in [0.29, 0.717) is 13.0 Å². The zero-order chi connectivity index (χ0) is 16.2. The molecule has 1 aromatic rings. The molecule has 1 saturated carbocycles. The molecule has 1 aromatic heterocycles. The van der Waals surface area contributed by atoms with Crippen LogP contribution in [0.2, 0.25) is 0 Å². The molecule has 2 fully saturated rings. The van der Waals surface area contributed by atoms with Crippen LogP contribution in [0.5, 0.6) is 0 Å². The molecule has 2 N–H and O–H groups in total. The summed E-state index contributed by atoms with van der Waals surface area (Å²) in [5.41, 5.74) is 0.801. The lowest BCUT2D eigenvalue weighted by atomic mass is 9.98. The monoisotopic (exact) mass is 319 g/mol. The molecule has 0 aromatic carbocycles. The van der Waals surface area contributed by atoms with E-state index in [0.717, 1.165) is 18.4 Å². The molecule has 2 atom stereocenters.